The maximum Gasteiger partial charge on any atom is 0.416 e. The summed E-state index contributed by atoms with van der Waals surface area (Å²) < 4.78 is 45.4. The van der Waals surface area contributed by atoms with Crippen LogP contribution in [-0.4, -0.2) is 43.3 Å². The van der Waals surface area contributed by atoms with Crippen LogP contribution in [0.3, 0.4) is 0 Å². The van der Waals surface area contributed by atoms with Gasteiger partial charge in [0.1, 0.15) is 0 Å². The van der Waals surface area contributed by atoms with Gasteiger partial charge in [-0.1, -0.05) is 18.2 Å². The number of rotatable bonds is 4. The van der Waals surface area contributed by atoms with Crippen LogP contribution in [0.5, 0.6) is 0 Å². The Hall–Kier alpha value is -1.11. The third kappa shape index (κ3) is 4.29. The van der Waals surface area contributed by atoms with E-state index in [2.05, 4.69) is 10.2 Å². The van der Waals surface area contributed by atoms with Crippen LogP contribution in [0, 0.1) is 0 Å². The fraction of sp³-hybridized carbons (Fsp3) is 0.667. The zero-order chi connectivity index (χ0) is 17.0. The maximum atomic E-state index is 13.3. The van der Waals surface area contributed by atoms with E-state index in [4.69, 9.17) is 4.74 Å². The van der Waals surface area contributed by atoms with Crippen molar-refractivity contribution in [3.63, 3.8) is 0 Å². The highest BCUT2D eigenvalue weighted by Gasteiger charge is 2.35. The molecule has 1 N–H and O–H groups in total. The van der Waals surface area contributed by atoms with Crippen molar-refractivity contribution < 1.29 is 17.9 Å². The van der Waals surface area contributed by atoms with E-state index in [9.17, 15) is 13.2 Å². The predicted octanol–water partition coefficient (Wildman–Crippen LogP) is 3.44. The SMILES string of the molecule is FC(F)(F)c1ccccc1CN(C1CCOCC1)C1CCCNC1. The minimum atomic E-state index is -4.30. The van der Waals surface area contributed by atoms with Gasteiger partial charge in [0.25, 0.3) is 0 Å². The second-order valence-electron chi connectivity index (χ2n) is 6.67. The summed E-state index contributed by atoms with van der Waals surface area (Å²) in [6, 6.07) is 6.56. The molecule has 24 heavy (non-hydrogen) atoms. The second kappa shape index (κ2) is 7.85. The van der Waals surface area contributed by atoms with Crippen molar-refractivity contribution in [1.82, 2.24) is 10.2 Å². The Balaban J connectivity index is 1.83. The lowest BCUT2D eigenvalue weighted by Gasteiger charge is -2.42. The van der Waals surface area contributed by atoms with Gasteiger partial charge in [0.05, 0.1) is 5.56 Å². The first-order valence-electron chi connectivity index (χ1n) is 8.75. The fourth-order valence-corrected chi connectivity index (χ4v) is 3.82. The number of alkyl halides is 3. The van der Waals surface area contributed by atoms with E-state index >= 15 is 0 Å². The summed E-state index contributed by atoms with van der Waals surface area (Å²) in [6.45, 7) is 3.60. The number of hydrogen-bond donors (Lipinski definition) is 1. The first-order valence-corrected chi connectivity index (χ1v) is 8.75. The topological polar surface area (TPSA) is 24.5 Å². The Kier molecular flexibility index (Phi) is 5.79. The molecule has 0 aromatic heterocycles. The first kappa shape index (κ1) is 17.7. The predicted molar refractivity (Wildman–Crippen MR) is 86.7 cm³/mol. The first-order chi connectivity index (χ1) is 11.6. The van der Waals surface area contributed by atoms with Crippen LogP contribution in [0.25, 0.3) is 0 Å². The van der Waals surface area contributed by atoms with Crippen molar-refractivity contribution >= 4 is 0 Å². The van der Waals surface area contributed by atoms with E-state index in [1.807, 2.05) is 0 Å². The van der Waals surface area contributed by atoms with E-state index in [-0.39, 0.29) is 0 Å². The minimum absolute atomic E-state index is 0.295. The van der Waals surface area contributed by atoms with Gasteiger partial charge in [-0.15, -0.1) is 0 Å². The molecule has 0 amide bonds. The highest BCUT2D eigenvalue weighted by molar-refractivity contribution is 5.29. The van der Waals surface area contributed by atoms with Crippen molar-refractivity contribution in [2.75, 3.05) is 26.3 Å². The fourth-order valence-electron chi connectivity index (χ4n) is 3.82. The van der Waals surface area contributed by atoms with E-state index in [1.54, 1.807) is 12.1 Å². The van der Waals surface area contributed by atoms with Crippen LogP contribution in [0.2, 0.25) is 0 Å². The van der Waals surface area contributed by atoms with Crippen molar-refractivity contribution in [3.8, 4) is 0 Å². The van der Waals surface area contributed by atoms with Crippen LogP contribution in [-0.2, 0) is 17.5 Å². The quantitative estimate of drug-likeness (QED) is 0.907. The van der Waals surface area contributed by atoms with Gasteiger partial charge >= 0.3 is 6.18 Å². The van der Waals surface area contributed by atoms with Crippen molar-refractivity contribution in [1.29, 1.82) is 0 Å². The molecule has 0 bridgehead atoms. The van der Waals surface area contributed by atoms with Crippen LogP contribution in [0.4, 0.5) is 13.2 Å². The van der Waals surface area contributed by atoms with Gasteiger partial charge in [0.2, 0.25) is 0 Å². The molecule has 134 valence electrons. The van der Waals surface area contributed by atoms with E-state index in [0.29, 0.717) is 37.4 Å². The molecule has 0 aliphatic carbocycles. The zero-order valence-electron chi connectivity index (χ0n) is 13.8. The Morgan fingerprint density at radius 3 is 2.50 bits per heavy atom. The molecule has 6 heteroatoms. The van der Waals surface area contributed by atoms with Crippen molar-refractivity contribution in [2.24, 2.45) is 0 Å². The second-order valence-corrected chi connectivity index (χ2v) is 6.67. The molecule has 1 aromatic rings. The highest BCUT2D eigenvalue weighted by atomic mass is 19.4. The molecular formula is C18H25F3N2O. The van der Waals surface area contributed by atoms with E-state index < -0.39 is 11.7 Å². The third-order valence-electron chi connectivity index (χ3n) is 5.08. The lowest BCUT2D eigenvalue weighted by atomic mass is 9.97. The Labute approximate surface area is 141 Å². The summed E-state index contributed by atoms with van der Waals surface area (Å²) in [6.07, 6.45) is -0.401. The molecule has 1 atom stereocenters. The molecule has 0 radical (unpaired) electrons. The summed E-state index contributed by atoms with van der Waals surface area (Å²) in [5.74, 6) is 0. The lowest BCUT2D eigenvalue weighted by Crippen LogP contribution is -2.51. The van der Waals surface area contributed by atoms with Crippen molar-refractivity contribution in [3.05, 3.63) is 35.4 Å². The average Bonchev–Trinajstić information content (AvgIpc) is 2.61. The normalized spacial score (nSPS) is 23.6. The monoisotopic (exact) mass is 342 g/mol. The summed E-state index contributed by atoms with van der Waals surface area (Å²) in [7, 11) is 0. The molecule has 2 aliphatic rings. The minimum Gasteiger partial charge on any atom is -0.381 e. The van der Waals surface area contributed by atoms with Crippen LogP contribution in [0.1, 0.15) is 36.8 Å². The molecule has 2 aliphatic heterocycles. The number of nitrogens with zero attached hydrogens (tertiary/aromatic N) is 1. The number of ether oxygens (including phenoxy) is 1. The molecule has 0 spiro atoms. The maximum absolute atomic E-state index is 13.3. The molecule has 1 unspecified atom stereocenters. The lowest BCUT2D eigenvalue weighted by molar-refractivity contribution is -0.138. The Morgan fingerprint density at radius 1 is 1.08 bits per heavy atom. The van der Waals surface area contributed by atoms with Gasteiger partial charge in [-0.2, -0.15) is 13.2 Å². The summed E-state index contributed by atoms with van der Waals surface area (Å²) in [5.41, 5.74) is -0.132. The smallest absolute Gasteiger partial charge is 0.381 e. The molecule has 2 fully saturated rings. The standard InChI is InChI=1S/C18H25F3N2O/c19-18(20,21)17-6-2-1-4-14(17)13-23(15-7-10-24-11-8-15)16-5-3-9-22-12-16/h1-2,4,6,15-16,22H,3,5,7-13H2. The van der Waals surface area contributed by atoms with Crippen molar-refractivity contribution in [2.45, 2.75) is 50.5 Å². The van der Waals surface area contributed by atoms with Crippen LogP contribution >= 0.6 is 0 Å². The van der Waals surface area contributed by atoms with Gasteiger partial charge in [-0.05, 0) is 43.9 Å². The molecule has 2 heterocycles. The number of hydrogen-bond acceptors (Lipinski definition) is 3. The van der Waals surface area contributed by atoms with Gasteiger partial charge in [0, 0.05) is 38.4 Å². The Bertz CT molecular complexity index is 505. The number of piperidine rings is 1. The number of halogens is 3. The Morgan fingerprint density at radius 2 is 1.83 bits per heavy atom. The third-order valence-corrected chi connectivity index (χ3v) is 5.08. The van der Waals surface area contributed by atoms with Crippen LogP contribution in [0.15, 0.2) is 24.3 Å². The summed E-state index contributed by atoms with van der Waals surface area (Å²) >= 11 is 0. The number of benzene rings is 1. The van der Waals surface area contributed by atoms with Crippen LogP contribution < -0.4 is 5.32 Å². The van der Waals surface area contributed by atoms with E-state index in [1.165, 1.54) is 12.1 Å². The van der Waals surface area contributed by atoms with Gasteiger partial charge in [-0.3, -0.25) is 4.90 Å². The van der Waals surface area contributed by atoms with Gasteiger partial charge in [-0.25, -0.2) is 0 Å². The number of nitrogens with one attached hydrogen (secondary N) is 1. The highest BCUT2D eigenvalue weighted by Crippen LogP contribution is 2.33. The zero-order valence-corrected chi connectivity index (χ0v) is 13.8. The van der Waals surface area contributed by atoms with E-state index in [0.717, 1.165) is 38.8 Å². The molecular weight excluding hydrogens is 317 g/mol. The molecule has 3 rings (SSSR count). The summed E-state index contributed by atoms with van der Waals surface area (Å²) in [4.78, 5) is 2.29. The van der Waals surface area contributed by atoms with Gasteiger partial charge in [0.15, 0.2) is 0 Å². The van der Waals surface area contributed by atoms with Gasteiger partial charge < -0.3 is 10.1 Å². The molecule has 0 saturated carbocycles. The molecule has 1 aromatic carbocycles. The molecule has 3 nitrogen and oxygen atoms in total. The largest absolute Gasteiger partial charge is 0.416 e. The summed E-state index contributed by atoms with van der Waals surface area (Å²) in [5, 5.41) is 3.39. The average molecular weight is 342 g/mol. The molecule has 2 saturated heterocycles.